The molecule has 1 aromatic carbocycles. The first kappa shape index (κ1) is 15.7. The van der Waals surface area contributed by atoms with E-state index in [1.807, 2.05) is 0 Å². The molecule has 1 aromatic rings. The molecule has 0 aliphatic carbocycles. The normalized spacial score (nSPS) is 23.7. The van der Waals surface area contributed by atoms with Crippen molar-refractivity contribution in [3.05, 3.63) is 38.9 Å². The second-order valence-electron chi connectivity index (χ2n) is 5.25. The minimum Gasteiger partial charge on any atom is -0.346 e. The lowest BCUT2D eigenvalue weighted by Gasteiger charge is -2.24. The fourth-order valence-corrected chi connectivity index (χ4v) is 4.66. The SMILES string of the molecule is CC1(NC(=O)c2cccc([N+](=O)[O-])c2Cl)CCS(=O)(=O)C1. The van der Waals surface area contributed by atoms with E-state index in [0.717, 1.165) is 0 Å². The Labute approximate surface area is 126 Å². The standard InChI is InChI=1S/C12H13ClN2O5S/c1-12(5-6-21(19,20)7-12)14-11(16)8-3-2-4-9(10(8)13)15(17)18/h2-4H,5-7H2,1H3,(H,14,16). The van der Waals surface area contributed by atoms with E-state index in [-0.39, 0.29) is 27.8 Å². The summed E-state index contributed by atoms with van der Waals surface area (Å²) < 4.78 is 23.0. The van der Waals surface area contributed by atoms with Crippen LogP contribution in [0.15, 0.2) is 18.2 Å². The Morgan fingerprint density at radius 2 is 2.14 bits per heavy atom. The maximum absolute atomic E-state index is 12.2. The molecule has 2 rings (SSSR count). The van der Waals surface area contributed by atoms with Crippen molar-refractivity contribution in [1.82, 2.24) is 5.32 Å². The number of carbonyl (C=O) groups is 1. The Morgan fingerprint density at radius 3 is 2.67 bits per heavy atom. The molecule has 114 valence electrons. The zero-order valence-electron chi connectivity index (χ0n) is 11.1. The van der Waals surface area contributed by atoms with Gasteiger partial charge in [0.1, 0.15) is 5.02 Å². The van der Waals surface area contributed by atoms with Gasteiger partial charge in [-0.15, -0.1) is 0 Å². The average molecular weight is 333 g/mol. The second-order valence-corrected chi connectivity index (χ2v) is 7.81. The molecule has 9 heteroatoms. The van der Waals surface area contributed by atoms with Gasteiger partial charge in [0.15, 0.2) is 9.84 Å². The fraction of sp³-hybridized carbons (Fsp3) is 0.417. The quantitative estimate of drug-likeness (QED) is 0.667. The molecule has 1 amide bonds. The van der Waals surface area contributed by atoms with Crippen LogP contribution in [-0.2, 0) is 9.84 Å². The lowest BCUT2D eigenvalue weighted by molar-refractivity contribution is -0.384. The summed E-state index contributed by atoms with van der Waals surface area (Å²) >= 11 is 5.86. The average Bonchev–Trinajstić information content (AvgIpc) is 2.62. The van der Waals surface area contributed by atoms with Gasteiger partial charge in [0.25, 0.3) is 11.6 Å². The van der Waals surface area contributed by atoms with Crippen molar-refractivity contribution in [2.75, 3.05) is 11.5 Å². The molecule has 1 unspecified atom stereocenters. The van der Waals surface area contributed by atoms with E-state index in [1.165, 1.54) is 18.2 Å². The van der Waals surface area contributed by atoms with Crippen molar-refractivity contribution in [2.45, 2.75) is 18.9 Å². The zero-order valence-corrected chi connectivity index (χ0v) is 12.7. The highest BCUT2D eigenvalue weighted by molar-refractivity contribution is 7.91. The summed E-state index contributed by atoms with van der Waals surface area (Å²) in [5, 5.41) is 13.1. The first-order chi connectivity index (χ1) is 9.64. The number of nitrogens with zero attached hydrogens (tertiary/aromatic N) is 1. The Morgan fingerprint density at radius 1 is 1.48 bits per heavy atom. The number of nitro groups is 1. The maximum Gasteiger partial charge on any atom is 0.288 e. The van der Waals surface area contributed by atoms with Gasteiger partial charge in [-0.1, -0.05) is 17.7 Å². The van der Waals surface area contributed by atoms with Crippen LogP contribution >= 0.6 is 11.6 Å². The molecule has 1 N–H and O–H groups in total. The van der Waals surface area contributed by atoms with Gasteiger partial charge in [0.2, 0.25) is 0 Å². The highest BCUT2D eigenvalue weighted by Crippen LogP contribution is 2.29. The van der Waals surface area contributed by atoms with E-state index in [1.54, 1.807) is 6.92 Å². The van der Waals surface area contributed by atoms with Crippen LogP contribution in [0.1, 0.15) is 23.7 Å². The number of sulfone groups is 1. The van der Waals surface area contributed by atoms with Crippen LogP contribution in [0.2, 0.25) is 5.02 Å². The molecule has 0 radical (unpaired) electrons. The third-order valence-electron chi connectivity index (χ3n) is 3.34. The minimum absolute atomic E-state index is 0.00640. The number of nitrogens with one attached hydrogen (secondary N) is 1. The van der Waals surface area contributed by atoms with Gasteiger partial charge in [0, 0.05) is 6.07 Å². The van der Waals surface area contributed by atoms with Gasteiger partial charge in [-0.3, -0.25) is 14.9 Å². The van der Waals surface area contributed by atoms with Gasteiger partial charge < -0.3 is 5.32 Å². The molecule has 0 bridgehead atoms. The molecule has 0 spiro atoms. The number of halogens is 1. The van der Waals surface area contributed by atoms with Crippen molar-refractivity contribution < 1.29 is 18.1 Å². The first-order valence-electron chi connectivity index (χ1n) is 6.09. The Bertz CT molecular complexity index is 718. The minimum atomic E-state index is -3.17. The lowest BCUT2D eigenvalue weighted by Crippen LogP contribution is -2.47. The van der Waals surface area contributed by atoms with E-state index in [0.29, 0.717) is 6.42 Å². The summed E-state index contributed by atoms with van der Waals surface area (Å²) in [5.41, 5.74) is -1.30. The number of nitro benzene ring substituents is 1. The number of benzene rings is 1. The summed E-state index contributed by atoms with van der Waals surface area (Å²) in [4.78, 5) is 22.3. The van der Waals surface area contributed by atoms with Crippen molar-refractivity contribution in [1.29, 1.82) is 0 Å². The Balaban J connectivity index is 2.26. The van der Waals surface area contributed by atoms with Gasteiger partial charge in [-0.25, -0.2) is 8.42 Å². The molecule has 0 saturated carbocycles. The Kier molecular flexibility index (Phi) is 3.94. The molecule has 1 atom stereocenters. The van der Waals surface area contributed by atoms with Gasteiger partial charge >= 0.3 is 0 Å². The highest BCUT2D eigenvalue weighted by atomic mass is 35.5. The van der Waals surface area contributed by atoms with Crippen LogP contribution in [0.5, 0.6) is 0 Å². The molecule has 1 aliphatic rings. The number of amides is 1. The fourth-order valence-electron chi connectivity index (χ4n) is 2.29. The van der Waals surface area contributed by atoms with Crippen LogP contribution in [-0.4, -0.2) is 36.3 Å². The summed E-state index contributed by atoms with van der Waals surface area (Å²) in [6.45, 7) is 1.63. The third kappa shape index (κ3) is 3.33. The monoisotopic (exact) mass is 332 g/mol. The van der Waals surface area contributed by atoms with E-state index in [4.69, 9.17) is 11.6 Å². The molecule has 1 saturated heterocycles. The summed E-state index contributed by atoms with van der Waals surface area (Å²) in [6, 6.07) is 3.91. The van der Waals surface area contributed by atoms with E-state index in [9.17, 15) is 23.3 Å². The van der Waals surface area contributed by atoms with Gasteiger partial charge in [-0.05, 0) is 19.4 Å². The number of carbonyl (C=O) groups excluding carboxylic acids is 1. The molecule has 1 heterocycles. The molecule has 21 heavy (non-hydrogen) atoms. The van der Waals surface area contributed by atoms with Gasteiger partial charge in [-0.2, -0.15) is 0 Å². The van der Waals surface area contributed by atoms with Crippen LogP contribution in [0.25, 0.3) is 0 Å². The number of rotatable bonds is 3. The predicted molar refractivity (Wildman–Crippen MR) is 77.2 cm³/mol. The predicted octanol–water partition coefficient (Wildman–Crippen LogP) is 1.56. The molecular weight excluding hydrogens is 320 g/mol. The highest BCUT2D eigenvalue weighted by Gasteiger charge is 2.40. The maximum atomic E-state index is 12.2. The number of hydrogen-bond acceptors (Lipinski definition) is 5. The molecule has 7 nitrogen and oxygen atoms in total. The van der Waals surface area contributed by atoms with E-state index in [2.05, 4.69) is 5.32 Å². The summed E-state index contributed by atoms with van der Waals surface area (Å²) in [5.74, 6) is -0.770. The number of hydrogen-bond donors (Lipinski definition) is 1. The van der Waals surface area contributed by atoms with E-state index >= 15 is 0 Å². The van der Waals surface area contributed by atoms with Crippen molar-refractivity contribution in [3.63, 3.8) is 0 Å². The molecule has 1 aliphatic heterocycles. The largest absolute Gasteiger partial charge is 0.346 e. The molecule has 1 fully saturated rings. The van der Waals surface area contributed by atoms with Crippen LogP contribution in [0.3, 0.4) is 0 Å². The Hall–Kier alpha value is -1.67. The van der Waals surface area contributed by atoms with Crippen LogP contribution in [0, 0.1) is 10.1 Å². The van der Waals surface area contributed by atoms with Crippen molar-refractivity contribution >= 4 is 33.0 Å². The molecular formula is C12H13ClN2O5S. The third-order valence-corrected chi connectivity index (χ3v) is 5.64. The topological polar surface area (TPSA) is 106 Å². The summed E-state index contributed by atoms with van der Waals surface area (Å²) in [6.07, 6.45) is 0.299. The smallest absolute Gasteiger partial charge is 0.288 e. The summed E-state index contributed by atoms with van der Waals surface area (Å²) in [7, 11) is -3.17. The lowest BCUT2D eigenvalue weighted by atomic mass is 10.0. The molecule has 0 aromatic heterocycles. The van der Waals surface area contributed by atoms with Crippen molar-refractivity contribution in [3.8, 4) is 0 Å². The van der Waals surface area contributed by atoms with Gasteiger partial charge in [0.05, 0.1) is 27.5 Å². The second kappa shape index (κ2) is 5.27. The van der Waals surface area contributed by atoms with E-state index < -0.39 is 26.2 Å². The first-order valence-corrected chi connectivity index (χ1v) is 8.29. The zero-order chi connectivity index (χ0) is 15.8. The van der Waals surface area contributed by atoms with Crippen molar-refractivity contribution in [2.24, 2.45) is 0 Å². The van der Waals surface area contributed by atoms with Crippen LogP contribution < -0.4 is 5.32 Å². The van der Waals surface area contributed by atoms with Crippen LogP contribution in [0.4, 0.5) is 5.69 Å².